The van der Waals surface area contributed by atoms with Gasteiger partial charge in [-0.2, -0.15) is 0 Å². The van der Waals surface area contributed by atoms with Gasteiger partial charge in [0.2, 0.25) is 0 Å². The van der Waals surface area contributed by atoms with Crippen molar-refractivity contribution in [3.8, 4) is 5.75 Å². The van der Waals surface area contributed by atoms with Gasteiger partial charge < -0.3 is 14.8 Å². The molecule has 4 rings (SSSR count). The Labute approximate surface area is 157 Å². The van der Waals surface area contributed by atoms with Crippen LogP contribution in [0.5, 0.6) is 5.75 Å². The number of hydrogen-bond donors (Lipinski definition) is 2. The third-order valence-corrected chi connectivity index (χ3v) is 5.82. The van der Waals surface area contributed by atoms with E-state index in [1.807, 2.05) is 6.07 Å². The molecule has 2 aromatic carbocycles. The van der Waals surface area contributed by atoms with Crippen LogP contribution in [0.4, 0.5) is 5.69 Å². The lowest BCUT2D eigenvalue weighted by molar-refractivity contribution is -0.123. The fourth-order valence-electron chi connectivity index (χ4n) is 2.81. The van der Waals surface area contributed by atoms with E-state index in [1.54, 1.807) is 12.1 Å². The van der Waals surface area contributed by atoms with Crippen molar-refractivity contribution in [2.45, 2.75) is 37.0 Å². The first-order chi connectivity index (χ1) is 13.0. The Morgan fingerprint density at radius 3 is 2.56 bits per heavy atom. The number of rotatable bonds is 7. The Hall–Kier alpha value is -2.58. The second-order valence-electron chi connectivity index (χ2n) is 6.68. The highest BCUT2D eigenvalue weighted by Gasteiger charge is 2.23. The van der Waals surface area contributed by atoms with E-state index >= 15 is 0 Å². The normalized spacial score (nSPS) is 15.9. The van der Waals surface area contributed by atoms with Crippen molar-refractivity contribution in [2.24, 2.45) is 0 Å². The molecule has 0 unspecified atom stereocenters. The summed E-state index contributed by atoms with van der Waals surface area (Å²) in [4.78, 5) is 11.7. The molecule has 0 spiro atoms. The summed E-state index contributed by atoms with van der Waals surface area (Å²) in [6, 6.07) is 11.6. The van der Waals surface area contributed by atoms with Crippen LogP contribution in [0.2, 0.25) is 0 Å². The number of amides is 1. The van der Waals surface area contributed by atoms with Crippen LogP contribution in [-0.4, -0.2) is 27.0 Å². The van der Waals surface area contributed by atoms with Gasteiger partial charge in [-0.05, 0) is 60.4 Å². The van der Waals surface area contributed by atoms with E-state index in [4.69, 9.17) is 9.47 Å². The molecule has 27 heavy (non-hydrogen) atoms. The molecule has 2 N–H and O–H groups in total. The summed E-state index contributed by atoms with van der Waals surface area (Å²) in [5, 5.41) is 2.83. The number of sulfonamides is 1. The van der Waals surface area contributed by atoms with Gasteiger partial charge in [0, 0.05) is 11.7 Å². The maximum absolute atomic E-state index is 12.6. The molecule has 1 saturated carbocycles. The molecule has 0 saturated heterocycles. The van der Waals surface area contributed by atoms with Gasteiger partial charge in [0.05, 0.1) is 18.1 Å². The maximum Gasteiger partial charge on any atom is 0.261 e. The first-order valence-corrected chi connectivity index (χ1v) is 10.2. The summed E-state index contributed by atoms with van der Waals surface area (Å²) in [5.74, 6) is 0.269. The third kappa shape index (κ3) is 4.40. The fourth-order valence-corrected chi connectivity index (χ4v) is 3.86. The highest BCUT2D eigenvalue weighted by molar-refractivity contribution is 7.92. The van der Waals surface area contributed by atoms with Crippen LogP contribution in [0.25, 0.3) is 0 Å². The fraction of sp³-hybridized carbons (Fsp3) is 0.316. The van der Waals surface area contributed by atoms with Crippen LogP contribution in [0.1, 0.15) is 24.0 Å². The monoisotopic (exact) mass is 388 g/mol. The second kappa shape index (κ2) is 7.21. The van der Waals surface area contributed by atoms with Crippen molar-refractivity contribution in [3.05, 3.63) is 53.6 Å². The molecule has 7 nitrogen and oxygen atoms in total. The predicted molar refractivity (Wildman–Crippen MR) is 98.8 cm³/mol. The van der Waals surface area contributed by atoms with Gasteiger partial charge in [-0.1, -0.05) is 6.07 Å². The summed E-state index contributed by atoms with van der Waals surface area (Å²) < 4.78 is 38.4. The molecular formula is C19H20N2O5S. The number of fused-ring (bicyclic) bond motifs is 1. The van der Waals surface area contributed by atoms with Crippen molar-refractivity contribution in [1.29, 1.82) is 0 Å². The smallest absolute Gasteiger partial charge is 0.261 e. The first-order valence-electron chi connectivity index (χ1n) is 8.74. The molecule has 1 aliphatic heterocycles. The summed E-state index contributed by atoms with van der Waals surface area (Å²) >= 11 is 0. The summed E-state index contributed by atoms with van der Waals surface area (Å²) in [6.07, 6.45) is 2.03. The van der Waals surface area contributed by atoms with Gasteiger partial charge in [0.15, 0.2) is 6.61 Å². The minimum Gasteiger partial charge on any atom is -0.484 e. The van der Waals surface area contributed by atoms with Gasteiger partial charge in [-0.15, -0.1) is 0 Å². The van der Waals surface area contributed by atoms with Crippen LogP contribution < -0.4 is 14.8 Å². The van der Waals surface area contributed by atoms with E-state index in [9.17, 15) is 13.2 Å². The van der Waals surface area contributed by atoms with E-state index in [1.165, 1.54) is 24.3 Å². The quantitative estimate of drug-likeness (QED) is 0.758. The van der Waals surface area contributed by atoms with E-state index < -0.39 is 10.0 Å². The van der Waals surface area contributed by atoms with E-state index in [0.717, 1.165) is 24.0 Å². The minimum absolute atomic E-state index is 0.0853. The SMILES string of the molecule is O=C(COc1ccc(S(=O)(=O)Nc2ccc3c(c2)COC3)cc1)NC1CC1. The topological polar surface area (TPSA) is 93.7 Å². The van der Waals surface area contributed by atoms with Gasteiger partial charge in [-0.3, -0.25) is 9.52 Å². The molecule has 0 aromatic heterocycles. The highest BCUT2D eigenvalue weighted by Crippen LogP contribution is 2.25. The van der Waals surface area contributed by atoms with Crippen molar-refractivity contribution in [2.75, 3.05) is 11.3 Å². The summed E-state index contributed by atoms with van der Waals surface area (Å²) in [6.45, 7) is 0.964. The zero-order valence-electron chi connectivity index (χ0n) is 14.6. The number of hydrogen-bond acceptors (Lipinski definition) is 5. The number of carbonyl (C=O) groups is 1. The highest BCUT2D eigenvalue weighted by atomic mass is 32.2. The van der Waals surface area contributed by atoms with Gasteiger partial charge in [0.25, 0.3) is 15.9 Å². The average Bonchev–Trinajstić information content (AvgIpc) is 3.33. The molecule has 2 aliphatic rings. The third-order valence-electron chi connectivity index (χ3n) is 4.42. The lowest BCUT2D eigenvalue weighted by Crippen LogP contribution is -2.30. The molecule has 0 bridgehead atoms. The number of carbonyl (C=O) groups excluding carboxylic acids is 1. The van der Waals surface area contributed by atoms with E-state index in [2.05, 4.69) is 10.0 Å². The average molecular weight is 388 g/mol. The van der Waals surface area contributed by atoms with Crippen LogP contribution >= 0.6 is 0 Å². The van der Waals surface area contributed by atoms with Crippen molar-refractivity contribution in [3.63, 3.8) is 0 Å². The van der Waals surface area contributed by atoms with Crippen molar-refractivity contribution >= 4 is 21.6 Å². The van der Waals surface area contributed by atoms with Crippen molar-refractivity contribution in [1.82, 2.24) is 5.32 Å². The number of anilines is 1. The molecule has 2 aromatic rings. The Kier molecular flexibility index (Phi) is 4.75. The Balaban J connectivity index is 1.38. The Morgan fingerprint density at radius 2 is 1.81 bits per heavy atom. The van der Waals surface area contributed by atoms with E-state index in [-0.39, 0.29) is 23.5 Å². The largest absolute Gasteiger partial charge is 0.484 e. The minimum atomic E-state index is -3.71. The van der Waals surface area contributed by atoms with E-state index in [0.29, 0.717) is 24.7 Å². The van der Waals surface area contributed by atoms with Gasteiger partial charge >= 0.3 is 0 Å². The summed E-state index contributed by atoms with van der Waals surface area (Å²) in [5.41, 5.74) is 2.56. The molecule has 1 amide bonds. The van der Waals surface area contributed by atoms with Crippen LogP contribution in [0, 0.1) is 0 Å². The number of ether oxygens (including phenoxy) is 2. The van der Waals surface area contributed by atoms with Gasteiger partial charge in [0.1, 0.15) is 5.75 Å². The number of nitrogens with one attached hydrogen (secondary N) is 2. The van der Waals surface area contributed by atoms with Gasteiger partial charge in [-0.25, -0.2) is 8.42 Å². The molecule has 0 radical (unpaired) electrons. The molecular weight excluding hydrogens is 368 g/mol. The molecule has 1 aliphatic carbocycles. The summed E-state index contributed by atoms with van der Waals surface area (Å²) in [7, 11) is -3.71. The molecule has 1 fully saturated rings. The lowest BCUT2D eigenvalue weighted by atomic mass is 10.1. The van der Waals surface area contributed by atoms with Crippen molar-refractivity contribution < 1.29 is 22.7 Å². The Morgan fingerprint density at radius 1 is 1.07 bits per heavy atom. The zero-order valence-corrected chi connectivity index (χ0v) is 15.4. The van der Waals surface area contributed by atoms with Crippen LogP contribution in [-0.2, 0) is 32.8 Å². The van der Waals surface area contributed by atoms with Crippen LogP contribution in [0.3, 0.4) is 0 Å². The molecule has 8 heteroatoms. The zero-order chi connectivity index (χ0) is 18.9. The molecule has 1 heterocycles. The maximum atomic E-state index is 12.6. The Bertz CT molecular complexity index is 953. The predicted octanol–water partition coefficient (Wildman–Crippen LogP) is 2.17. The molecule has 0 atom stereocenters. The molecule has 142 valence electrons. The first kappa shape index (κ1) is 17.8. The standard InChI is InChI=1S/C19H20N2O5S/c22-19(20-15-3-4-15)12-26-17-5-7-18(8-6-17)27(23,24)21-16-2-1-13-10-25-11-14(13)9-16/h1-2,5-9,15,21H,3-4,10-12H2,(H,20,22). The number of benzene rings is 2. The lowest BCUT2D eigenvalue weighted by Gasteiger charge is -2.10. The second-order valence-corrected chi connectivity index (χ2v) is 8.37. The van der Waals surface area contributed by atoms with Crippen LogP contribution in [0.15, 0.2) is 47.4 Å².